The van der Waals surface area contributed by atoms with Crippen LogP contribution >= 0.6 is 11.3 Å². The molecular formula is C17H24N4OS. The molecule has 0 radical (unpaired) electrons. The first-order valence-corrected chi connectivity index (χ1v) is 8.77. The van der Waals surface area contributed by atoms with Crippen molar-refractivity contribution in [3.63, 3.8) is 0 Å². The smallest absolute Gasteiger partial charge is 0.221 e. The van der Waals surface area contributed by atoms with Gasteiger partial charge in [0.25, 0.3) is 0 Å². The highest BCUT2D eigenvalue weighted by molar-refractivity contribution is 7.13. The second-order valence-electron chi connectivity index (χ2n) is 5.59. The molecule has 3 N–H and O–H groups in total. The van der Waals surface area contributed by atoms with Crippen LogP contribution in [0, 0.1) is 0 Å². The first-order valence-electron chi connectivity index (χ1n) is 7.89. The second kappa shape index (κ2) is 8.64. The molecule has 0 aliphatic rings. The van der Waals surface area contributed by atoms with Crippen LogP contribution in [0.4, 0.5) is 16.5 Å². The fraction of sp³-hybridized carbons (Fsp3) is 0.412. The van der Waals surface area contributed by atoms with Gasteiger partial charge in [0.15, 0.2) is 5.13 Å². The van der Waals surface area contributed by atoms with Crippen LogP contribution in [-0.4, -0.2) is 23.5 Å². The zero-order valence-corrected chi connectivity index (χ0v) is 14.7. The molecule has 1 aromatic carbocycles. The molecule has 23 heavy (non-hydrogen) atoms. The lowest BCUT2D eigenvalue weighted by atomic mass is 10.2. The van der Waals surface area contributed by atoms with E-state index in [1.807, 2.05) is 24.3 Å². The van der Waals surface area contributed by atoms with E-state index in [1.165, 1.54) is 6.92 Å². The van der Waals surface area contributed by atoms with Gasteiger partial charge in [-0.25, -0.2) is 4.98 Å². The normalized spacial score (nSPS) is 12.0. The molecule has 0 aliphatic carbocycles. The maximum atomic E-state index is 11.0. The first kappa shape index (κ1) is 17.4. The van der Waals surface area contributed by atoms with Gasteiger partial charge in [-0.2, -0.15) is 0 Å². The zero-order chi connectivity index (χ0) is 16.7. The minimum atomic E-state index is -0.0684. The van der Waals surface area contributed by atoms with Gasteiger partial charge in [0, 0.05) is 36.1 Å². The fourth-order valence-electron chi connectivity index (χ4n) is 2.20. The summed E-state index contributed by atoms with van der Waals surface area (Å²) in [6.07, 6.45) is 2.07. The van der Waals surface area contributed by atoms with Gasteiger partial charge in [-0.05, 0) is 44.2 Å². The van der Waals surface area contributed by atoms with E-state index < -0.39 is 0 Å². The molecule has 1 amide bonds. The van der Waals surface area contributed by atoms with Gasteiger partial charge in [-0.1, -0.05) is 6.92 Å². The molecule has 0 bridgehead atoms. The van der Waals surface area contributed by atoms with E-state index in [2.05, 4.69) is 40.2 Å². The number of benzene rings is 1. The van der Waals surface area contributed by atoms with Crippen LogP contribution < -0.4 is 16.0 Å². The minimum absolute atomic E-state index is 0.0684. The summed E-state index contributed by atoms with van der Waals surface area (Å²) in [7, 11) is 0. The van der Waals surface area contributed by atoms with Gasteiger partial charge in [-0.3, -0.25) is 4.79 Å². The molecule has 1 heterocycles. The Balaban J connectivity index is 1.89. The van der Waals surface area contributed by atoms with E-state index in [9.17, 15) is 4.79 Å². The first-order chi connectivity index (χ1) is 11.1. The maximum absolute atomic E-state index is 11.0. The van der Waals surface area contributed by atoms with E-state index >= 15 is 0 Å². The molecule has 6 heteroatoms. The number of nitrogens with one attached hydrogen (secondary N) is 3. The van der Waals surface area contributed by atoms with Crippen LogP contribution in [-0.2, 0) is 11.2 Å². The Hall–Kier alpha value is -1.92. The van der Waals surface area contributed by atoms with E-state index in [-0.39, 0.29) is 5.91 Å². The van der Waals surface area contributed by atoms with Crippen LogP contribution in [0.5, 0.6) is 0 Å². The summed E-state index contributed by atoms with van der Waals surface area (Å²) in [6, 6.07) is 8.03. The summed E-state index contributed by atoms with van der Waals surface area (Å²) in [5, 5.41) is 12.5. The standard InChI is InChI=1S/C17H24N4OS/c1-4-9-18-12(2)10-16-11-23-17(21-16)20-15-7-5-14(6-8-15)19-13(3)22/h5-8,11-12,18H,4,9-10H2,1-3H3,(H,19,22)(H,20,21). The van der Waals surface area contributed by atoms with Crippen molar-refractivity contribution >= 4 is 33.8 Å². The third kappa shape index (κ3) is 6.00. The number of carbonyl (C=O) groups is 1. The fourth-order valence-corrected chi connectivity index (χ4v) is 2.94. The maximum Gasteiger partial charge on any atom is 0.221 e. The van der Waals surface area contributed by atoms with Gasteiger partial charge in [0.05, 0.1) is 5.69 Å². The van der Waals surface area contributed by atoms with Gasteiger partial charge in [0.2, 0.25) is 5.91 Å². The molecule has 124 valence electrons. The molecule has 0 fully saturated rings. The average Bonchev–Trinajstić information content (AvgIpc) is 2.93. The van der Waals surface area contributed by atoms with Crippen LogP contribution in [0.15, 0.2) is 29.6 Å². The largest absolute Gasteiger partial charge is 0.332 e. The Morgan fingerprint density at radius 1 is 1.26 bits per heavy atom. The predicted molar refractivity (Wildman–Crippen MR) is 97.6 cm³/mol. The molecule has 0 saturated heterocycles. The van der Waals surface area contributed by atoms with Crippen LogP contribution in [0.1, 0.15) is 32.9 Å². The van der Waals surface area contributed by atoms with Crippen molar-refractivity contribution in [1.29, 1.82) is 0 Å². The quantitative estimate of drug-likeness (QED) is 0.688. The molecule has 5 nitrogen and oxygen atoms in total. The second-order valence-corrected chi connectivity index (χ2v) is 6.44. The number of nitrogens with zero attached hydrogens (tertiary/aromatic N) is 1. The number of thiazole rings is 1. The summed E-state index contributed by atoms with van der Waals surface area (Å²) >= 11 is 1.61. The van der Waals surface area contributed by atoms with Gasteiger partial charge >= 0.3 is 0 Å². The number of anilines is 3. The Morgan fingerprint density at radius 2 is 1.96 bits per heavy atom. The molecule has 1 unspecified atom stereocenters. The van der Waals surface area contributed by atoms with E-state index in [1.54, 1.807) is 11.3 Å². The summed E-state index contributed by atoms with van der Waals surface area (Å²) in [6.45, 7) is 6.89. The van der Waals surface area contributed by atoms with Crippen LogP contribution in [0.2, 0.25) is 0 Å². The van der Waals surface area contributed by atoms with E-state index in [0.717, 1.165) is 41.6 Å². The van der Waals surface area contributed by atoms with Gasteiger partial charge in [0.1, 0.15) is 0 Å². The van der Waals surface area contributed by atoms with Crippen molar-refractivity contribution in [1.82, 2.24) is 10.3 Å². The summed E-state index contributed by atoms with van der Waals surface area (Å²) in [5.74, 6) is -0.0684. The monoisotopic (exact) mass is 332 g/mol. The number of hydrogen-bond acceptors (Lipinski definition) is 5. The summed E-state index contributed by atoms with van der Waals surface area (Å²) in [5.41, 5.74) is 2.85. The van der Waals surface area contributed by atoms with Crippen molar-refractivity contribution < 1.29 is 4.79 Å². The van der Waals surface area contributed by atoms with Crippen molar-refractivity contribution in [2.24, 2.45) is 0 Å². The Labute approximate surface area is 141 Å². The number of hydrogen-bond donors (Lipinski definition) is 3. The van der Waals surface area contributed by atoms with Gasteiger partial charge in [-0.15, -0.1) is 11.3 Å². The van der Waals surface area contributed by atoms with Crippen molar-refractivity contribution in [3.05, 3.63) is 35.3 Å². The molecule has 0 spiro atoms. The lowest BCUT2D eigenvalue weighted by Crippen LogP contribution is -2.28. The molecule has 1 atom stereocenters. The molecular weight excluding hydrogens is 308 g/mol. The lowest BCUT2D eigenvalue weighted by molar-refractivity contribution is -0.114. The Kier molecular flexibility index (Phi) is 6.55. The van der Waals surface area contributed by atoms with E-state index in [4.69, 9.17) is 0 Å². The minimum Gasteiger partial charge on any atom is -0.332 e. The average molecular weight is 332 g/mol. The molecule has 0 aliphatic heterocycles. The predicted octanol–water partition coefficient (Wildman–Crippen LogP) is 3.78. The van der Waals surface area contributed by atoms with Crippen LogP contribution in [0.3, 0.4) is 0 Å². The van der Waals surface area contributed by atoms with Crippen molar-refractivity contribution in [2.75, 3.05) is 17.2 Å². The van der Waals surface area contributed by atoms with Gasteiger partial charge < -0.3 is 16.0 Å². The SMILES string of the molecule is CCCNC(C)Cc1csc(Nc2ccc(NC(C)=O)cc2)n1. The molecule has 0 saturated carbocycles. The van der Waals surface area contributed by atoms with Crippen molar-refractivity contribution in [2.45, 2.75) is 39.7 Å². The van der Waals surface area contributed by atoms with Crippen LogP contribution in [0.25, 0.3) is 0 Å². The summed E-state index contributed by atoms with van der Waals surface area (Å²) in [4.78, 5) is 15.6. The third-order valence-corrected chi connectivity index (χ3v) is 4.07. The lowest BCUT2D eigenvalue weighted by Gasteiger charge is -2.11. The number of amides is 1. The third-order valence-electron chi connectivity index (χ3n) is 3.27. The number of rotatable bonds is 8. The summed E-state index contributed by atoms with van der Waals surface area (Å²) < 4.78 is 0. The number of carbonyl (C=O) groups excluding carboxylic acids is 1. The number of aromatic nitrogens is 1. The Morgan fingerprint density at radius 3 is 2.61 bits per heavy atom. The highest BCUT2D eigenvalue weighted by Gasteiger charge is 2.07. The Bertz CT molecular complexity index is 624. The highest BCUT2D eigenvalue weighted by atomic mass is 32.1. The highest BCUT2D eigenvalue weighted by Crippen LogP contribution is 2.22. The molecule has 1 aromatic heterocycles. The molecule has 2 aromatic rings. The van der Waals surface area contributed by atoms with Crippen molar-refractivity contribution in [3.8, 4) is 0 Å². The molecule has 2 rings (SSSR count). The zero-order valence-electron chi connectivity index (χ0n) is 13.8. The topological polar surface area (TPSA) is 66.0 Å². The van der Waals surface area contributed by atoms with E-state index in [0.29, 0.717) is 6.04 Å².